The number of thioether (sulfide) groups is 1. The first-order valence-corrected chi connectivity index (χ1v) is 9.00. The third-order valence-electron chi connectivity index (χ3n) is 3.82. The molecule has 0 radical (unpaired) electrons. The van der Waals surface area contributed by atoms with E-state index >= 15 is 0 Å². The summed E-state index contributed by atoms with van der Waals surface area (Å²) in [6.07, 6.45) is 0. The van der Waals surface area contributed by atoms with Gasteiger partial charge in [-0.15, -0.1) is 11.8 Å². The Morgan fingerprint density at radius 3 is 2.92 bits per heavy atom. The Balaban J connectivity index is 1.53. The molecule has 130 valence electrons. The second kappa shape index (κ2) is 7.61. The minimum atomic E-state index is -0.187. The predicted octanol–water partition coefficient (Wildman–Crippen LogP) is 3.24. The molecule has 0 aliphatic carbocycles. The van der Waals surface area contributed by atoms with Crippen LogP contribution in [0, 0.1) is 6.92 Å². The van der Waals surface area contributed by atoms with Gasteiger partial charge in [-0.05, 0) is 49.7 Å². The van der Waals surface area contributed by atoms with Crippen molar-refractivity contribution in [1.29, 1.82) is 0 Å². The second-order valence-electron chi connectivity index (χ2n) is 5.88. The number of aryl methyl sites for hydroxylation is 1. The molecule has 1 aliphatic heterocycles. The average Bonchev–Trinajstić information content (AvgIpc) is 2.59. The number of rotatable bonds is 5. The molecular weight excluding hydrogens is 336 g/mol. The van der Waals surface area contributed by atoms with Gasteiger partial charge in [-0.25, -0.2) is 0 Å². The molecule has 0 aromatic heterocycles. The summed E-state index contributed by atoms with van der Waals surface area (Å²) in [5, 5.41) is 5.54. The topological polar surface area (TPSA) is 67.4 Å². The summed E-state index contributed by atoms with van der Waals surface area (Å²) in [4.78, 5) is 25.0. The zero-order valence-corrected chi connectivity index (χ0v) is 15.0. The first-order valence-electron chi connectivity index (χ1n) is 8.12. The second-order valence-corrected chi connectivity index (χ2v) is 7.26. The molecule has 0 saturated carbocycles. The van der Waals surface area contributed by atoms with Gasteiger partial charge in [0.15, 0.2) is 0 Å². The Labute approximate surface area is 151 Å². The summed E-state index contributed by atoms with van der Waals surface area (Å²) in [6.45, 7) is 4.66. The maximum absolute atomic E-state index is 12.3. The largest absolute Gasteiger partial charge is 0.492 e. The van der Waals surface area contributed by atoms with Gasteiger partial charge in [0.2, 0.25) is 5.91 Å². The van der Waals surface area contributed by atoms with E-state index in [1.54, 1.807) is 12.1 Å². The molecule has 25 heavy (non-hydrogen) atoms. The molecule has 0 spiro atoms. The number of hydrogen-bond acceptors (Lipinski definition) is 4. The molecule has 6 heteroatoms. The van der Waals surface area contributed by atoms with Crippen LogP contribution in [-0.4, -0.2) is 30.2 Å². The fraction of sp³-hybridized carbons (Fsp3) is 0.263. The Hall–Kier alpha value is -2.47. The summed E-state index contributed by atoms with van der Waals surface area (Å²) < 4.78 is 5.61. The van der Waals surface area contributed by atoms with E-state index in [2.05, 4.69) is 10.6 Å². The zero-order valence-electron chi connectivity index (χ0n) is 14.2. The van der Waals surface area contributed by atoms with Crippen LogP contribution >= 0.6 is 11.8 Å². The summed E-state index contributed by atoms with van der Waals surface area (Å²) in [7, 11) is 0. The maximum atomic E-state index is 12.3. The Morgan fingerprint density at radius 1 is 1.28 bits per heavy atom. The Bertz CT molecular complexity index is 807. The van der Waals surface area contributed by atoms with Gasteiger partial charge in [0, 0.05) is 10.5 Å². The van der Waals surface area contributed by atoms with E-state index in [4.69, 9.17) is 4.74 Å². The predicted molar refractivity (Wildman–Crippen MR) is 99.4 cm³/mol. The molecular formula is C19H20N2O3S. The van der Waals surface area contributed by atoms with Crippen LogP contribution in [0.25, 0.3) is 0 Å². The Kier molecular flexibility index (Phi) is 5.28. The van der Waals surface area contributed by atoms with Gasteiger partial charge in [0.25, 0.3) is 5.91 Å². The number of ether oxygens (including phenoxy) is 1. The lowest BCUT2D eigenvalue weighted by molar-refractivity contribution is -0.115. The SMILES string of the molecule is Cc1cccc(OCCNC(=O)c2ccc3c(c2)NC(=O)[C@H](C)S3)c1. The molecule has 1 aliphatic rings. The molecule has 2 amide bonds. The fourth-order valence-corrected chi connectivity index (χ4v) is 3.42. The van der Waals surface area contributed by atoms with Crippen molar-refractivity contribution in [3.05, 3.63) is 53.6 Å². The number of amides is 2. The lowest BCUT2D eigenvalue weighted by atomic mass is 10.1. The molecule has 1 heterocycles. The molecule has 2 aromatic carbocycles. The first-order chi connectivity index (χ1) is 12.0. The van der Waals surface area contributed by atoms with Gasteiger partial charge in [0.1, 0.15) is 12.4 Å². The smallest absolute Gasteiger partial charge is 0.251 e. The maximum Gasteiger partial charge on any atom is 0.251 e. The molecule has 1 atom stereocenters. The van der Waals surface area contributed by atoms with Crippen molar-refractivity contribution in [2.75, 3.05) is 18.5 Å². The standard InChI is InChI=1S/C19H20N2O3S/c1-12-4-3-5-15(10-12)24-9-8-20-19(23)14-6-7-17-16(11-14)21-18(22)13(2)25-17/h3-7,10-11,13H,8-9H2,1-2H3,(H,20,23)(H,21,22)/t13-/m0/s1. The van der Waals surface area contributed by atoms with E-state index in [0.717, 1.165) is 16.2 Å². The molecule has 0 saturated heterocycles. The van der Waals surface area contributed by atoms with Gasteiger partial charge >= 0.3 is 0 Å². The normalized spacial score (nSPS) is 15.9. The third kappa shape index (κ3) is 4.33. The van der Waals surface area contributed by atoms with Crippen molar-refractivity contribution in [3.63, 3.8) is 0 Å². The minimum absolute atomic E-state index is 0.0402. The molecule has 2 aromatic rings. The Morgan fingerprint density at radius 2 is 2.12 bits per heavy atom. The number of carbonyl (C=O) groups excluding carboxylic acids is 2. The zero-order chi connectivity index (χ0) is 17.8. The summed E-state index contributed by atoms with van der Waals surface area (Å²) >= 11 is 1.50. The number of nitrogens with one attached hydrogen (secondary N) is 2. The quantitative estimate of drug-likeness (QED) is 0.807. The van der Waals surface area contributed by atoms with Crippen LogP contribution in [0.15, 0.2) is 47.4 Å². The monoisotopic (exact) mass is 356 g/mol. The summed E-state index contributed by atoms with van der Waals surface area (Å²) in [5.74, 6) is 0.562. The molecule has 0 bridgehead atoms. The van der Waals surface area contributed by atoms with Gasteiger partial charge in [-0.3, -0.25) is 9.59 Å². The van der Waals surface area contributed by atoms with Crippen molar-refractivity contribution >= 4 is 29.3 Å². The molecule has 0 unspecified atom stereocenters. The van der Waals surface area contributed by atoms with Gasteiger partial charge in [-0.1, -0.05) is 12.1 Å². The van der Waals surface area contributed by atoms with E-state index in [1.165, 1.54) is 11.8 Å². The van der Waals surface area contributed by atoms with Gasteiger partial charge in [-0.2, -0.15) is 0 Å². The van der Waals surface area contributed by atoms with Crippen LogP contribution in [0.1, 0.15) is 22.8 Å². The van der Waals surface area contributed by atoms with E-state index in [0.29, 0.717) is 24.4 Å². The number of anilines is 1. The summed E-state index contributed by atoms with van der Waals surface area (Å²) in [6, 6.07) is 13.1. The number of benzene rings is 2. The van der Waals surface area contributed by atoms with Crippen molar-refractivity contribution in [2.45, 2.75) is 24.0 Å². The lowest BCUT2D eigenvalue weighted by Crippen LogP contribution is -2.29. The van der Waals surface area contributed by atoms with Crippen LogP contribution in [0.5, 0.6) is 5.75 Å². The third-order valence-corrected chi connectivity index (χ3v) is 5.00. The van der Waals surface area contributed by atoms with Crippen molar-refractivity contribution in [1.82, 2.24) is 5.32 Å². The van der Waals surface area contributed by atoms with Crippen molar-refractivity contribution in [3.8, 4) is 5.75 Å². The van der Waals surface area contributed by atoms with Crippen LogP contribution in [0.2, 0.25) is 0 Å². The minimum Gasteiger partial charge on any atom is -0.492 e. The van der Waals surface area contributed by atoms with E-state index in [1.807, 2.05) is 44.2 Å². The van der Waals surface area contributed by atoms with Crippen LogP contribution in [-0.2, 0) is 4.79 Å². The lowest BCUT2D eigenvalue weighted by Gasteiger charge is -2.21. The fourth-order valence-electron chi connectivity index (χ4n) is 2.49. The highest BCUT2D eigenvalue weighted by atomic mass is 32.2. The van der Waals surface area contributed by atoms with Crippen LogP contribution in [0.4, 0.5) is 5.69 Å². The molecule has 0 fully saturated rings. The van der Waals surface area contributed by atoms with Crippen molar-refractivity contribution in [2.24, 2.45) is 0 Å². The number of hydrogen-bond donors (Lipinski definition) is 2. The molecule has 2 N–H and O–H groups in total. The van der Waals surface area contributed by atoms with E-state index in [9.17, 15) is 9.59 Å². The molecule has 3 rings (SSSR count). The number of fused-ring (bicyclic) bond motifs is 1. The first kappa shape index (κ1) is 17.4. The summed E-state index contributed by atoms with van der Waals surface area (Å²) in [5.41, 5.74) is 2.34. The number of carbonyl (C=O) groups is 2. The van der Waals surface area contributed by atoms with E-state index < -0.39 is 0 Å². The van der Waals surface area contributed by atoms with Crippen molar-refractivity contribution < 1.29 is 14.3 Å². The highest BCUT2D eigenvalue weighted by Crippen LogP contribution is 2.35. The average molecular weight is 356 g/mol. The highest BCUT2D eigenvalue weighted by molar-refractivity contribution is 8.00. The highest BCUT2D eigenvalue weighted by Gasteiger charge is 2.23. The molecule has 5 nitrogen and oxygen atoms in total. The van der Waals surface area contributed by atoms with Crippen LogP contribution < -0.4 is 15.4 Å². The van der Waals surface area contributed by atoms with Gasteiger partial charge < -0.3 is 15.4 Å². The van der Waals surface area contributed by atoms with Crippen LogP contribution in [0.3, 0.4) is 0 Å². The van der Waals surface area contributed by atoms with Gasteiger partial charge in [0.05, 0.1) is 17.5 Å². The van der Waals surface area contributed by atoms with E-state index in [-0.39, 0.29) is 17.1 Å².